The first kappa shape index (κ1) is 11.5. The predicted molar refractivity (Wildman–Crippen MR) is 59.4 cm³/mol. The molecule has 90 valence electrons. The first-order chi connectivity index (χ1) is 8.08. The maximum absolute atomic E-state index is 13.5. The molecule has 0 bridgehead atoms. The van der Waals surface area contributed by atoms with Crippen LogP contribution in [0.2, 0.25) is 0 Å². The summed E-state index contributed by atoms with van der Waals surface area (Å²) in [5.74, 6) is -0.275. The molecule has 1 heterocycles. The number of hydrogen-bond donors (Lipinski definition) is 1. The highest BCUT2D eigenvalue weighted by molar-refractivity contribution is 5.46. The summed E-state index contributed by atoms with van der Waals surface area (Å²) in [5.41, 5.74) is 0.405. The molecule has 1 aromatic carbocycles. The maximum Gasteiger partial charge on any atom is 0.146 e. The van der Waals surface area contributed by atoms with E-state index in [0.717, 1.165) is 12.1 Å². The number of benzene rings is 1. The van der Waals surface area contributed by atoms with Gasteiger partial charge in [-0.05, 0) is 18.6 Å². The van der Waals surface area contributed by atoms with Gasteiger partial charge in [-0.1, -0.05) is 0 Å². The van der Waals surface area contributed by atoms with E-state index in [1.807, 2.05) is 0 Å². The second-order valence-electron chi connectivity index (χ2n) is 3.73. The zero-order valence-electron chi connectivity index (χ0n) is 9.54. The number of nitrogens with zero attached hydrogens (tertiary/aromatic N) is 3. The van der Waals surface area contributed by atoms with Gasteiger partial charge >= 0.3 is 0 Å². The SMILES string of the molecule is Cc1cc(F)c(NCc2ncnn2C)cc1F. The van der Waals surface area contributed by atoms with Crippen LogP contribution in [-0.2, 0) is 13.6 Å². The van der Waals surface area contributed by atoms with Crippen LogP contribution in [-0.4, -0.2) is 14.8 Å². The van der Waals surface area contributed by atoms with E-state index in [4.69, 9.17) is 0 Å². The zero-order chi connectivity index (χ0) is 12.4. The predicted octanol–water partition coefficient (Wildman–Crippen LogP) is 2.01. The van der Waals surface area contributed by atoms with E-state index in [0.29, 0.717) is 5.82 Å². The van der Waals surface area contributed by atoms with E-state index in [1.165, 1.54) is 13.3 Å². The summed E-state index contributed by atoms with van der Waals surface area (Å²) < 4.78 is 28.3. The molecule has 0 unspecified atom stereocenters. The largest absolute Gasteiger partial charge is 0.375 e. The standard InChI is InChI=1S/C11H12F2N4/c1-7-3-9(13)10(4-8(7)12)14-5-11-15-6-16-17(11)2/h3-4,6,14H,5H2,1-2H3. The smallest absolute Gasteiger partial charge is 0.146 e. The van der Waals surface area contributed by atoms with E-state index in [2.05, 4.69) is 15.4 Å². The van der Waals surface area contributed by atoms with Crippen molar-refractivity contribution in [3.05, 3.63) is 41.5 Å². The van der Waals surface area contributed by atoms with E-state index in [9.17, 15) is 8.78 Å². The van der Waals surface area contributed by atoms with Crippen molar-refractivity contribution >= 4 is 5.69 Å². The fourth-order valence-corrected chi connectivity index (χ4v) is 1.44. The second-order valence-corrected chi connectivity index (χ2v) is 3.73. The lowest BCUT2D eigenvalue weighted by atomic mass is 10.2. The molecule has 17 heavy (non-hydrogen) atoms. The number of aromatic nitrogens is 3. The summed E-state index contributed by atoms with van der Waals surface area (Å²) in [6.07, 6.45) is 1.41. The molecule has 4 nitrogen and oxygen atoms in total. The summed E-state index contributed by atoms with van der Waals surface area (Å²) >= 11 is 0. The van der Waals surface area contributed by atoms with Gasteiger partial charge in [0, 0.05) is 13.1 Å². The fourth-order valence-electron chi connectivity index (χ4n) is 1.44. The number of hydrogen-bond acceptors (Lipinski definition) is 3. The molecule has 0 aliphatic heterocycles. The third-order valence-electron chi connectivity index (χ3n) is 2.49. The van der Waals surface area contributed by atoms with Crippen molar-refractivity contribution < 1.29 is 8.78 Å². The molecule has 0 radical (unpaired) electrons. The molecule has 1 N–H and O–H groups in total. The molecule has 2 rings (SSSR count). The summed E-state index contributed by atoms with van der Waals surface area (Å²) in [6.45, 7) is 1.81. The zero-order valence-corrected chi connectivity index (χ0v) is 9.54. The fraction of sp³-hybridized carbons (Fsp3) is 0.273. The van der Waals surface area contributed by atoms with Gasteiger partial charge < -0.3 is 5.32 Å². The Morgan fingerprint density at radius 2 is 2.06 bits per heavy atom. The second kappa shape index (κ2) is 4.48. The van der Waals surface area contributed by atoms with Crippen molar-refractivity contribution in [2.75, 3.05) is 5.32 Å². The number of rotatable bonds is 3. The summed E-state index contributed by atoms with van der Waals surface area (Å²) in [7, 11) is 1.73. The van der Waals surface area contributed by atoms with Crippen molar-refractivity contribution in [3.63, 3.8) is 0 Å². The number of nitrogens with one attached hydrogen (secondary N) is 1. The Hall–Kier alpha value is -1.98. The molecule has 6 heteroatoms. The van der Waals surface area contributed by atoms with Gasteiger partial charge in [0.25, 0.3) is 0 Å². The van der Waals surface area contributed by atoms with Crippen LogP contribution in [0, 0.1) is 18.6 Å². The van der Waals surface area contributed by atoms with Gasteiger partial charge in [0.2, 0.25) is 0 Å². The van der Waals surface area contributed by atoms with Crippen molar-refractivity contribution in [3.8, 4) is 0 Å². The van der Waals surface area contributed by atoms with Gasteiger partial charge in [0.1, 0.15) is 23.8 Å². The number of halogens is 2. The Morgan fingerprint density at radius 3 is 2.71 bits per heavy atom. The average Bonchev–Trinajstić information content (AvgIpc) is 2.68. The van der Waals surface area contributed by atoms with Crippen LogP contribution in [0.1, 0.15) is 11.4 Å². The van der Waals surface area contributed by atoms with E-state index >= 15 is 0 Å². The Bertz CT molecular complexity index is 536. The van der Waals surface area contributed by atoms with Gasteiger partial charge in [0.05, 0.1) is 12.2 Å². The van der Waals surface area contributed by atoms with Crippen molar-refractivity contribution in [1.29, 1.82) is 0 Å². The van der Waals surface area contributed by atoms with Crippen LogP contribution < -0.4 is 5.32 Å². The third kappa shape index (κ3) is 2.41. The van der Waals surface area contributed by atoms with Crippen LogP contribution in [0.5, 0.6) is 0 Å². The number of aryl methyl sites for hydroxylation is 2. The lowest BCUT2D eigenvalue weighted by molar-refractivity contribution is 0.593. The molecule has 0 amide bonds. The summed E-state index contributed by atoms with van der Waals surface area (Å²) in [4.78, 5) is 3.97. The monoisotopic (exact) mass is 238 g/mol. The normalized spacial score (nSPS) is 10.6. The first-order valence-electron chi connectivity index (χ1n) is 5.10. The maximum atomic E-state index is 13.5. The third-order valence-corrected chi connectivity index (χ3v) is 2.49. The number of anilines is 1. The van der Waals surface area contributed by atoms with Gasteiger partial charge in [-0.3, -0.25) is 4.68 Å². The summed E-state index contributed by atoms with van der Waals surface area (Å²) in [6, 6.07) is 2.30. The average molecular weight is 238 g/mol. The van der Waals surface area contributed by atoms with Gasteiger partial charge in [-0.2, -0.15) is 5.10 Å². The molecular weight excluding hydrogens is 226 g/mol. The Labute approximate surface area is 97.3 Å². The highest BCUT2D eigenvalue weighted by atomic mass is 19.1. The molecule has 2 aromatic rings. The molecule has 0 saturated carbocycles. The molecule has 0 aliphatic rings. The van der Waals surface area contributed by atoms with Gasteiger partial charge in [-0.15, -0.1) is 0 Å². The van der Waals surface area contributed by atoms with Crippen LogP contribution >= 0.6 is 0 Å². The lowest BCUT2D eigenvalue weighted by Crippen LogP contribution is -2.08. The van der Waals surface area contributed by atoms with E-state index in [-0.39, 0.29) is 17.8 Å². The Kier molecular flexibility index (Phi) is 3.03. The van der Waals surface area contributed by atoms with Crippen LogP contribution in [0.3, 0.4) is 0 Å². The van der Waals surface area contributed by atoms with Crippen molar-refractivity contribution in [2.45, 2.75) is 13.5 Å². The minimum absolute atomic E-state index is 0.121. The summed E-state index contributed by atoms with van der Waals surface area (Å²) in [5, 5.41) is 6.67. The van der Waals surface area contributed by atoms with Crippen molar-refractivity contribution in [1.82, 2.24) is 14.8 Å². The van der Waals surface area contributed by atoms with Crippen LogP contribution in [0.4, 0.5) is 14.5 Å². The molecule has 0 spiro atoms. The molecule has 0 saturated heterocycles. The lowest BCUT2D eigenvalue weighted by Gasteiger charge is -2.08. The topological polar surface area (TPSA) is 42.7 Å². The molecule has 0 fully saturated rings. The minimum Gasteiger partial charge on any atom is -0.375 e. The quantitative estimate of drug-likeness (QED) is 0.889. The van der Waals surface area contributed by atoms with Gasteiger partial charge in [-0.25, -0.2) is 13.8 Å². The Balaban J connectivity index is 2.14. The minimum atomic E-state index is -0.480. The van der Waals surface area contributed by atoms with Crippen LogP contribution in [0.15, 0.2) is 18.5 Å². The molecule has 0 atom stereocenters. The molecular formula is C11H12F2N4. The highest BCUT2D eigenvalue weighted by Crippen LogP contribution is 2.19. The van der Waals surface area contributed by atoms with E-state index in [1.54, 1.807) is 11.7 Å². The van der Waals surface area contributed by atoms with Gasteiger partial charge in [0.15, 0.2) is 0 Å². The molecule has 0 aliphatic carbocycles. The molecule has 1 aromatic heterocycles. The van der Waals surface area contributed by atoms with E-state index < -0.39 is 11.6 Å². The highest BCUT2D eigenvalue weighted by Gasteiger charge is 2.08. The van der Waals surface area contributed by atoms with Crippen LogP contribution in [0.25, 0.3) is 0 Å². The first-order valence-corrected chi connectivity index (χ1v) is 5.10. The van der Waals surface area contributed by atoms with Crippen molar-refractivity contribution in [2.24, 2.45) is 7.05 Å². The Morgan fingerprint density at radius 1 is 1.29 bits per heavy atom.